The topological polar surface area (TPSA) is 150 Å². The van der Waals surface area contributed by atoms with Crippen molar-refractivity contribution in [2.45, 2.75) is 6.42 Å². The van der Waals surface area contributed by atoms with Gasteiger partial charge in [-0.15, -0.1) is 0 Å². The second kappa shape index (κ2) is 8.68. The highest BCUT2D eigenvalue weighted by Crippen LogP contribution is 2.32. The van der Waals surface area contributed by atoms with E-state index in [1.807, 2.05) is 18.2 Å². The number of rotatable bonds is 5. The molecular formula is C24H19N9O2. The quantitative estimate of drug-likeness (QED) is 0.411. The van der Waals surface area contributed by atoms with Crippen molar-refractivity contribution in [1.82, 2.24) is 34.3 Å². The fourth-order valence-electron chi connectivity index (χ4n) is 3.70. The molecule has 0 amide bonds. The molecule has 5 aromatic rings. The van der Waals surface area contributed by atoms with E-state index in [0.29, 0.717) is 52.0 Å². The molecule has 11 heteroatoms. The maximum absolute atomic E-state index is 12.0. The summed E-state index contributed by atoms with van der Waals surface area (Å²) in [5.74, 6) is 1.11. The molecule has 11 nitrogen and oxygen atoms in total. The molecule has 0 aliphatic carbocycles. The van der Waals surface area contributed by atoms with Crippen LogP contribution >= 0.6 is 0 Å². The van der Waals surface area contributed by atoms with E-state index in [0.717, 1.165) is 5.69 Å². The number of nitrogens with two attached hydrogens (primary N) is 1. The van der Waals surface area contributed by atoms with Gasteiger partial charge >= 0.3 is 0 Å². The highest BCUT2D eigenvalue weighted by atomic mass is 16.5. The molecule has 35 heavy (non-hydrogen) atoms. The maximum Gasteiger partial charge on any atom is 0.266 e. The summed E-state index contributed by atoms with van der Waals surface area (Å²) in [5, 5.41) is 18.5. The molecule has 0 aliphatic rings. The minimum absolute atomic E-state index is 0.160. The number of fused-ring (bicyclic) bond motifs is 1. The number of pyridine rings is 1. The minimum atomic E-state index is -0.259. The first-order valence-electron chi connectivity index (χ1n) is 10.6. The normalized spacial score (nSPS) is 10.9. The van der Waals surface area contributed by atoms with Gasteiger partial charge in [0.2, 0.25) is 5.88 Å². The zero-order valence-corrected chi connectivity index (χ0v) is 18.9. The molecule has 4 aromatic heterocycles. The van der Waals surface area contributed by atoms with Gasteiger partial charge in [-0.3, -0.25) is 4.79 Å². The van der Waals surface area contributed by atoms with Crippen molar-refractivity contribution < 1.29 is 4.74 Å². The lowest BCUT2D eigenvalue weighted by molar-refractivity contribution is 0.396. The van der Waals surface area contributed by atoms with E-state index >= 15 is 0 Å². The molecule has 0 bridgehead atoms. The molecule has 1 aromatic carbocycles. The Balaban J connectivity index is 1.75. The summed E-state index contributed by atoms with van der Waals surface area (Å²) in [6.45, 7) is 0. The Morgan fingerprint density at radius 1 is 1.06 bits per heavy atom. The number of nitrogen functional groups attached to an aromatic ring is 1. The Labute approximate surface area is 199 Å². The number of benzene rings is 1. The van der Waals surface area contributed by atoms with Gasteiger partial charge in [-0.1, -0.05) is 18.2 Å². The van der Waals surface area contributed by atoms with Gasteiger partial charge in [0, 0.05) is 24.7 Å². The van der Waals surface area contributed by atoms with Crippen LogP contribution in [0.5, 0.6) is 5.88 Å². The first kappa shape index (κ1) is 21.7. The van der Waals surface area contributed by atoms with Crippen LogP contribution in [0, 0.1) is 11.3 Å². The molecule has 0 saturated heterocycles. The first-order chi connectivity index (χ1) is 17.0. The van der Waals surface area contributed by atoms with Crippen LogP contribution in [0.15, 0.2) is 59.4 Å². The van der Waals surface area contributed by atoms with Crippen molar-refractivity contribution >= 4 is 11.5 Å². The number of nitrogens with zero attached hydrogens (tertiary/aromatic N) is 8. The molecule has 172 valence electrons. The van der Waals surface area contributed by atoms with E-state index in [1.54, 1.807) is 49.0 Å². The summed E-state index contributed by atoms with van der Waals surface area (Å²) in [5.41, 5.74) is 9.60. The molecule has 4 heterocycles. The van der Waals surface area contributed by atoms with Gasteiger partial charge in [0.15, 0.2) is 17.3 Å². The summed E-state index contributed by atoms with van der Waals surface area (Å²) < 4.78 is 8.00. The lowest BCUT2D eigenvalue weighted by atomic mass is 10.0. The van der Waals surface area contributed by atoms with Crippen LogP contribution in [0.1, 0.15) is 17.1 Å². The van der Waals surface area contributed by atoms with Crippen LogP contribution in [0.3, 0.4) is 0 Å². The average molecular weight is 465 g/mol. The largest absolute Gasteiger partial charge is 0.481 e. The van der Waals surface area contributed by atoms with Crippen LogP contribution in [0.4, 0.5) is 5.82 Å². The van der Waals surface area contributed by atoms with Crippen molar-refractivity contribution in [1.29, 1.82) is 5.26 Å². The van der Waals surface area contributed by atoms with E-state index < -0.39 is 0 Å². The van der Waals surface area contributed by atoms with Crippen LogP contribution in [0.25, 0.3) is 28.3 Å². The van der Waals surface area contributed by atoms with Crippen LogP contribution in [0.2, 0.25) is 0 Å². The third kappa shape index (κ3) is 4.04. The molecule has 5 rings (SSSR count). The maximum atomic E-state index is 12.0. The fraction of sp³-hybridized carbons (Fsp3) is 0.125. The third-order valence-corrected chi connectivity index (χ3v) is 5.35. The van der Waals surface area contributed by atoms with Gasteiger partial charge in [-0.2, -0.15) is 15.5 Å². The van der Waals surface area contributed by atoms with Crippen LogP contribution in [-0.2, 0) is 13.5 Å². The molecule has 0 saturated carbocycles. The first-order valence-corrected chi connectivity index (χ1v) is 10.6. The monoisotopic (exact) mass is 465 g/mol. The summed E-state index contributed by atoms with van der Waals surface area (Å²) in [4.78, 5) is 25.6. The lowest BCUT2D eigenvalue weighted by Crippen LogP contribution is -2.19. The summed E-state index contributed by atoms with van der Waals surface area (Å²) in [7, 11) is 3.11. The number of hydrogen-bond donors (Lipinski definition) is 1. The minimum Gasteiger partial charge on any atom is -0.481 e. The highest BCUT2D eigenvalue weighted by Gasteiger charge is 2.21. The Kier molecular flexibility index (Phi) is 5.39. The number of anilines is 1. The Morgan fingerprint density at radius 3 is 2.66 bits per heavy atom. The lowest BCUT2D eigenvalue weighted by Gasteiger charge is -2.12. The van der Waals surface area contributed by atoms with Crippen molar-refractivity contribution in [2.75, 3.05) is 12.8 Å². The molecule has 0 fully saturated rings. The van der Waals surface area contributed by atoms with E-state index in [1.165, 1.54) is 10.7 Å². The molecule has 0 spiro atoms. The van der Waals surface area contributed by atoms with Crippen molar-refractivity contribution in [3.8, 4) is 34.6 Å². The van der Waals surface area contributed by atoms with Crippen LogP contribution in [-0.4, -0.2) is 41.5 Å². The second-order valence-corrected chi connectivity index (χ2v) is 7.68. The Morgan fingerprint density at radius 2 is 1.89 bits per heavy atom. The summed E-state index contributed by atoms with van der Waals surface area (Å²) >= 11 is 0. The highest BCUT2D eigenvalue weighted by molar-refractivity contribution is 5.81. The predicted octanol–water partition coefficient (Wildman–Crippen LogP) is 2.00. The van der Waals surface area contributed by atoms with Crippen LogP contribution < -0.4 is 16.0 Å². The zero-order valence-electron chi connectivity index (χ0n) is 18.9. The fourth-order valence-corrected chi connectivity index (χ4v) is 3.70. The molecule has 0 unspecified atom stereocenters. The van der Waals surface area contributed by atoms with E-state index in [2.05, 4.69) is 26.1 Å². The number of methoxy groups -OCH3 is 1. The van der Waals surface area contributed by atoms with Gasteiger partial charge in [-0.25, -0.2) is 24.1 Å². The SMILES string of the molecule is COc1cccc(Cc2nc3c(N)nc(-c4cccc(C#N)c4)c(-c4ccc(=O)n(C)n4)n3n2)n1. The van der Waals surface area contributed by atoms with Gasteiger partial charge in [-0.05, 0) is 24.3 Å². The number of aryl methyl sites for hydroxylation is 1. The number of hydrogen-bond acceptors (Lipinski definition) is 9. The molecule has 2 N–H and O–H groups in total. The zero-order chi connectivity index (χ0) is 24.5. The van der Waals surface area contributed by atoms with Crippen molar-refractivity contribution in [3.63, 3.8) is 0 Å². The van der Waals surface area contributed by atoms with Gasteiger partial charge < -0.3 is 10.5 Å². The smallest absolute Gasteiger partial charge is 0.266 e. The molecule has 0 aliphatic heterocycles. The average Bonchev–Trinajstić information content (AvgIpc) is 3.30. The summed E-state index contributed by atoms with van der Waals surface area (Å²) in [6.07, 6.45) is 0.331. The molecule has 0 atom stereocenters. The van der Waals surface area contributed by atoms with Crippen molar-refractivity contribution in [3.05, 3.63) is 82.0 Å². The predicted molar refractivity (Wildman–Crippen MR) is 127 cm³/mol. The van der Waals surface area contributed by atoms with Gasteiger partial charge in [0.1, 0.15) is 17.1 Å². The van der Waals surface area contributed by atoms with E-state index in [-0.39, 0.29) is 11.4 Å². The van der Waals surface area contributed by atoms with Gasteiger partial charge in [0.05, 0.1) is 30.9 Å². The Bertz CT molecular complexity index is 1680. The standard InChI is InChI=1S/C24H19N9O2/c1-32-20(34)10-9-17(30-32)22-21(15-6-3-5-14(11-15)13-25)29-23(26)24-28-18(31-33(22)24)12-16-7-4-8-19(27-16)35-2/h3-11H,12H2,1-2H3,(H2,26,29). The number of aromatic nitrogens is 7. The van der Waals surface area contributed by atoms with E-state index in [4.69, 9.17) is 15.6 Å². The number of nitriles is 1. The third-order valence-electron chi connectivity index (χ3n) is 5.35. The Hall–Kier alpha value is -5.11. The van der Waals surface area contributed by atoms with Crippen molar-refractivity contribution in [2.24, 2.45) is 7.05 Å². The second-order valence-electron chi connectivity index (χ2n) is 7.68. The van der Waals surface area contributed by atoms with E-state index in [9.17, 15) is 10.1 Å². The van der Waals surface area contributed by atoms with Gasteiger partial charge in [0.25, 0.3) is 5.56 Å². The molecular weight excluding hydrogens is 446 g/mol. The summed E-state index contributed by atoms with van der Waals surface area (Å²) in [6, 6.07) is 17.6. The molecule has 0 radical (unpaired) electrons. The number of ether oxygens (including phenoxy) is 1.